The van der Waals surface area contributed by atoms with Crippen molar-refractivity contribution in [3.63, 3.8) is 0 Å². The second kappa shape index (κ2) is 6.63. The highest BCUT2D eigenvalue weighted by Crippen LogP contribution is 2.34. The molecule has 0 fully saturated rings. The Bertz CT molecular complexity index is 879. The summed E-state index contributed by atoms with van der Waals surface area (Å²) in [5, 5.41) is 3.64. The van der Waals surface area contributed by atoms with Crippen LogP contribution in [0.1, 0.15) is 11.6 Å². The number of hydrogen-bond donors (Lipinski definition) is 1. The number of halogens is 1. The predicted octanol–water partition coefficient (Wildman–Crippen LogP) is 4.29. The van der Waals surface area contributed by atoms with E-state index in [9.17, 15) is 4.79 Å². The lowest BCUT2D eigenvalue weighted by Crippen LogP contribution is -2.30. The van der Waals surface area contributed by atoms with Gasteiger partial charge in [-0.25, -0.2) is 4.98 Å². The van der Waals surface area contributed by atoms with E-state index in [4.69, 9.17) is 16.3 Å². The van der Waals surface area contributed by atoms with Gasteiger partial charge in [-0.1, -0.05) is 35.5 Å². The molecule has 4 nitrogen and oxygen atoms in total. The van der Waals surface area contributed by atoms with Gasteiger partial charge in [0.1, 0.15) is 12.4 Å². The third-order valence-electron chi connectivity index (χ3n) is 3.69. The van der Waals surface area contributed by atoms with E-state index >= 15 is 0 Å². The summed E-state index contributed by atoms with van der Waals surface area (Å²) >= 11 is 9.08. The maximum atomic E-state index is 12.2. The fraction of sp³-hybridized carbons (Fsp3) is 0.176. The van der Waals surface area contributed by atoms with E-state index in [0.717, 1.165) is 25.9 Å². The number of thioether (sulfide) groups is 1. The molecule has 1 aromatic heterocycles. The van der Waals surface area contributed by atoms with Gasteiger partial charge in [-0.2, -0.15) is 0 Å². The predicted molar refractivity (Wildman–Crippen MR) is 98.2 cm³/mol. The minimum absolute atomic E-state index is 0.0410. The molecule has 1 unspecified atom stereocenters. The molecule has 0 radical (unpaired) electrons. The lowest BCUT2D eigenvalue weighted by molar-refractivity contribution is -0.119. The van der Waals surface area contributed by atoms with Crippen LogP contribution in [0.25, 0.3) is 10.2 Å². The van der Waals surface area contributed by atoms with Crippen LogP contribution in [-0.4, -0.2) is 23.3 Å². The molecular formula is C17H13ClN2O2S2. The molecule has 1 N–H and O–H groups in total. The molecule has 3 aromatic rings. The Morgan fingerprint density at radius 2 is 2.25 bits per heavy atom. The maximum Gasteiger partial charge on any atom is 0.231 e. The van der Waals surface area contributed by atoms with Gasteiger partial charge in [0.05, 0.1) is 22.0 Å². The normalized spacial score (nSPS) is 16.0. The monoisotopic (exact) mass is 376 g/mol. The second-order valence-corrected chi connectivity index (χ2v) is 8.04. The summed E-state index contributed by atoms with van der Waals surface area (Å²) in [6.45, 7) is 0.438. The van der Waals surface area contributed by atoms with E-state index in [2.05, 4.69) is 10.3 Å². The Labute approximate surface area is 152 Å². The Hall–Kier alpha value is -1.76. The van der Waals surface area contributed by atoms with Crippen LogP contribution in [0, 0.1) is 0 Å². The van der Waals surface area contributed by atoms with Gasteiger partial charge in [-0.3, -0.25) is 4.79 Å². The van der Waals surface area contributed by atoms with E-state index in [1.54, 1.807) is 17.4 Å². The summed E-state index contributed by atoms with van der Waals surface area (Å²) in [5.74, 6) is 1.07. The van der Waals surface area contributed by atoms with Crippen molar-refractivity contribution in [3.05, 3.63) is 53.1 Å². The number of thiazole rings is 1. The minimum Gasteiger partial charge on any atom is -0.491 e. The molecular weight excluding hydrogens is 364 g/mol. The fourth-order valence-electron chi connectivity index (χ4n) is 2.58. The number of hydrogen-bond acceptors (Lipinski definition) is 5. The zero-order chi connectivity index (χ0) is 16.5. The molecule has 4 rings (SSSR count). The molecule has 0 aliphatic carbocycles. The molecule has 2 heterocycles. The molecule has 122 valence electrons. The van der Waals surface area contributed by atoms with Crippen LogP contribution in [0.4, 0.5) is 0 Å². The number of amides is 1. The fourth-order valence-corrected chi connectivity index (χ4v) is 4.64. The van der Waals surface area contributed by atoms with Gasteiger partial charge in [0.25, 0.3) is 0 Å². The van der Waals surface area contributed by atoms with Gasteiger partial charge in [-0.15, -0.1) is 11.3 Å². The molecule has 1 atom stereocenters. The molecule has 1 aliphatic heterocycles. The van der Waals surface area contributed by atoms with Gasteiger partial charge < -0.3 is 10.1 Å². The number of benzene rings is 2. The van der Waals surface area contributed by atoms with Crippen LogP contribution in [0.5, 0.6) is 5.75 Å². The average molecular weight is 377 g/mol. The number of nitrogens with one attached hydrogen (secondary N) is 1. The molecule has 0 bridgehead atoms. The molecule has 24 heavy (non-hydrogen) atoms. The van der Waals surface area contributed by atoms with Gasteiger partial charge in [-0.05, 0) is 30.3 Å². The third kappa shape index (κ3) is 3.22. The quantitative estimate of drug-likeness (QED) is 0.690. The SMILES string of the molecule is O=C(CSc1nc2ccccc2s1)NC1COc2ccc(Cl)cc21. The highest BCUT2D eigenvalue weighted by Gasteiger charge is 2.25. The summed E-state index contributed by atoms with van der Waals surface area (Å²) in [6.07, 6.45) is 0. The Kier molecular flexibility index (Phi) is 4.35. The number of rotatable bonds is 4. The summed E-state index contributed by atoms with van der Waals surface area (Å²) in [5.41, 5.74) is 1.90. The molecule has 1 amide bonds. The largest absolute Gasteiger partial charge is 0.491 e. The first kappa shape index (κ1) is 15.7. The standard InChI is InChI=1S/C17H13ClN2O2S2/c18-10-5-6-14-11(7-10)13(8-22-14)19-16(21)9-23-17-20-12-3-1-2-4-15(12)24-17/h1-7,13H,8-9H2,(H,19,21). The van der Waals surface area contributed by atoms with Crippen molar-refractivity contribution in [1.29, 1.82) is 0 Å². The van der Waals surface area contributed by atoms with Crippen molar-refractivity contribution < 1.29 is 9.53 Å². The first-order valence-electron chi connectivity index (χ1n) is 7.39. The van der Waals surface area contributed by atoms with E-state index < -0.39 is 0 Å². The van der Waals surface area contributed by atoms with Crippen molar-refractivity contribution in [3.8, 4) is 5.75 Å². The van der Waals surface area contributed by atoms with Crippen molar-refractivity contribution in [1.82, 2.24) is 10.3 Å². The van der Waals surface area contributed by atoms with E-state index in [1.165, 1.54) is 11.8 Å². The van der Waals surface area contributed by atoms with E-state index in [1.807, 2.05) is 36.4 Å². The van der Waals surface area contributed by atoms with Crippen LogP contribution in [0.15, 0.2) is 46.8 Å². The highest BCUT2D eigenvalue weighted by molar-refractivity contribution is 8.01. The summed E-state index contributed by atoms with van der Waals surface area (Å²) < 4.78 is 7.61. The Morgan fingerprint density at radius 1 is 1.38 bits per heavy atom. The Morgan fingerprint density at radius 3 is 3.12 bits per heavy atom. The van der Waals surface area contributed by atoms with Gasteiger partial charge in [0, 0.05) is 10.6 Å². The first-order valence-corrected chi connectivity index (χ1v) is 9.57. The van der Waals surface area contributed by atoms with Crippen molar-refractivity contribution in [2.75, 3.05) is 12.4 Å². The molecule has 0 saturated heterocycles. The van der Waals surface area contributed by atoms with E-state index in [-0.39, 0.29) is 11.9 Å². The number of nitrogens with zero attached hydrogens (tertiary/aromatic N) is 1. The number of para-hydroxylation sites is 1. The number of ether oxygens (including phenoxy) is 1. The van der Waals surface area contributed by atoms with Gasteiger partial charge >= 0.3 is 0 Å². The Balaban J connectivity index is 1.38. The van der Waals surface area contributed by atoms with Crippen LogP contribution in [-0.2, 0) is 4.79 Å². The molecule has 7 heteroatoms. The van der Waals surface area contributed by atoms with Crippen LogP contribution < -0.4 is 10.1 Å². The molecule has 1 aliphatic rings. The number of fused-ring (bicyclic) bond motifs is 2. The van der Waals surface area contributed by atoms with Crippen molar-refractivity contribution in [2.45, 2.75) is 10.4 Å². The van der Waals surface area contributed by atoms with Crippen LogP contribution in [0.3, 0.4) is 0 Å². The lowest BCUT2D eigenvalue weighted by atomic mass is 10.1. The zero-order valence-electron chi connectivity index (χ0n) is 12.5. The lowest BCUT2D eigenvalue weighted by Gasteiger charge is -2.11. The van der Waals surface area contributed by atoms with E-state index in [0.29, 0.717) is 17.4 Å². The maximum absolute atomic E-state index is 12.2. The summed E-state index contributed by atoms with van der Waals surface area (Å²) in [6, 6.07) is 13.3. The average Bonchev–Trinajstić information content (AvgIpc) is 3.17. The van der Waals surface area contributed by atoms with Gasteiger partial charge in [0.2, 0.25) is 5.91 Å². The molecule has 2 aromatic carbocycles. The second-order valence-electron chi connectivity index (χ2n) is 5.35. The summed E-state index contributed by atoms with van der Waals surface area (Å²) in [4.78, 5) is 16.8. The number of aromatic nitrogens is 1. The topological polar surface area (TPSA) is 51.2 Å². The zero-order valence-corrected chi connectivity index (χ0v) is 14.9. The van der Waals surface area contributed by atoms with Crippen molar-refractivity contribution >= 4 is 50.8 Å². The third-order valence-corrected chi connectivity index (χ3v) is 6.10. The van der Waals surface area contributed by atoms with Gasteiger partial charge in [0.15, 0.2) is 4.34 Å². The van der Waals surface area contributed by atoms with Crippen LogP contribution in [0.2, 0.25) is 5.02 Å². The molecule has 0 spiro atoms. The molecule has 0 saturated carbocycles. The summed E-state index contributed by atoms with van der Waals surface area (Å²) in [7, 11) is 0. The van der Waals surface area contributed by atoms with Crippen molar-refractivity contribution in [2.24, 2.45) is 0 Å². The first-order chi connectivity index (χ1) is 11.7. The number of carbonyl (C=O) groups excluding carboxylic acids is 1. The number of carbonyl (C=O) groups is 1. The minimum atomic E-state index is -0.151. The smallest absolute Gasteiger partial charge is 0.231 e. The van der Waals surface area contributed by atoms with Crippen LogP contribution >= 0.6 is 34.7 Å². The highest BCUT2D eigenvalue weighted by atomic mass is 35.5.